The van der Waals surface area contributed by atoms with Crippen molar-refractivity contribution in [1.82, 2.24) is 9.80 Å². The number of ether oxygens (including phenoxy) is 1. The number of benzene rings is 2. The monoisotopic (exact) mass is 352 g/mol. The molecule has 0 radical (unpaired) electrons. The lowest BCUT2D eigenvalue weighted by Gasteiger charge is -2.15. The number of carbonyl (C=O) groups excluding carboxylic acids is 4. The van der Waals surface area contributed by atoms with Crippen LogP contribution in [0.5, 0.6) is 0 Å². The molecule has 0 aromatic heterocycles. The summed E-state index contributed by atoms with van der Waals surface area (Å²) in [5.74, 6) is -2.18. The van der Waals surface area contributed by atoms with E-state index in [1.807, 2.05) is 6.07 Å². The SMILES string of the molecule is COC(=O)c1ccc(CN2C(=O)C(=O)N(Cc3ccccc3)C2=O)cc1. The summed E-state index contributed by atoms with van der Waals surface area (Å²) in [5, 5.41) is 0. The molecule has 0 atom stereocenters. The molecular weight excluding hydrogens is 336 g/mol. The van der Waals surface area contributed by atoms with Crippen molar-refractivity contribution in [1.29, 1.82) is 0 Å². The van der Waals surface area contributed by atoms with Gasteiger partial charge in [-0.2, -0.15) is 0 Å². The van der Waals surface area contributed by atoms with E-state index in [1.165, 1.54) is 19.2 Å². The van der Waals surface area contributed by atoms with Crippen molar-refractivity contribution in [2.45, 2.75) is 13.1 Å². The highest BCUT2D eigenvalue weighted by molar-refractivity contribution is 6.44. The van der Waals surface area contributed by atoms with Crippen LogP contribution in [0, 0.1) is 0 Å². The lowest BCUT2D eigenvalue weighted by Crippen LogP contribution is -2.32. The van der Waals surface area contributed by atoms with Crippen molar-refractivity contribution >= 4 is 23.8 Å². The molecule has 1 heterocycles. The second-order valence-corrected chi connectivity index (χ2v) is 5.74. The first-order valence-electron chi connectivity index (χ1n) is 7.89. The van der Waals surface area contributed by atoms with Gasteiger partial charge in [-0.1, -0.05) is 42.5 Å². The lowest BCUT2D eigenvalue weighted by atomic mass is 10.1. The summed E-state index contributed by atoms with van der Waals surface area (Å²) in [4.78, 5) is 50.1. The van der Waals surface area contributed by atoms with Crippen molar-refractivity contribution in [3.8, 4) is 0 Å². The number of methoxy groups -OCH3 is 1. The van der Waals surface area contributed by atoms with Gasteiger partial charge in [0.1, 0.15) is 0 Å². The molecule has 1 fully saturated rings. The molecule has 1 aliphatic rings. The summed E-state index contributed by atoms with van der Waals surface area (Å²) >= 11 is 0. The first kappa shape index (κ1) is 17.3. The molecule has 0 unspecified atom stereocenters. The fourth-order valence-corrected chi connectivity index (χ4v) is 2.64. The molecule has 1 saturated heterocycles. The maximum Gasteiger partial charge on any atom is 0.337 e. The first-order valence-corrected chi connectivity index (χ1v) is 7.89. The molecule has 7 nitrogen and oxygen atoms in total. The Hall–Kier alpha value is -3.48. The van der Waals surface area contributed by atoms with E-state index in [0.717, 1.165) is 15.4 Å². The van der Waals surface area contributed by atoms with E-state index in [9.17, 15) is 19.2 Å². The van der Waals surface area contributed by atoms with E-state index in [1.54, 1.807) is 36.4 Å². The van der Waals surface area contributed by atoms with E-state index in [-0.39, 0.29) is 13.1 Å². The van der Waals surface area contributed by atoms with Crippen molar-refractivity contribution < 1.29 is 23.9 Å². The van der Waals surface area contributed by atoms with Gasteiger partial charge in [0, 0.05) is 0 Å². The van der Waals surface area contributed by atoms with Crippen LogP contribution in [0.3, 0.4) is 0 Å². The number of hydrogen-bond donors (Lipinski definition) is 0. The number of imide groups is 2. The van der Waals surface area contributed by atoms with Crippen molar-refractivity contribution in [3.63, 3.8) is 0 Å². The zero-order valence-electron chi connectivity index (χ0n) is 14.0. The number of hydrogen-bond acceptors (Lipinski definition) is 5. The third kappa shape index (κ3) is 3.32. The maximum atomic E-state index is 12.5. The number of urea groups is 1. The van der Waals surface area contributed by atoms with Gasteiger partial charge in [-0.25, -0.2) is 9.59 Å². The topological polar surface area (TPSA) is 84.0 Å². The first-order chi connectivity index (χ1) is 12.5. The molecule has 0 bridgehead atoms. The molecular formula is C19H16N2O5. The Balaban J connectivity index is 1.74. The Kier molecular flexibility index (Phi) is 4.79. The predicted molar refractivity (Wildman–Crippen MR) is 90.7 cm³/mol. The number of amides is 4. The minimum atomic E-state index is -0.858. The van der Waals surface area contributed by atoms with E-state index in [0.29, 0.717) is 11.1 Å². The van der Waals surface area contributed by atoms with Crippen LogP contribution in [0.15, 0.2) is 54.6 Å². The molecule has 0 spiro atoms. The normalized spacial score (nSPS) is 14.1. The highest BCUT2D eigenvalue weighted by atomic mass is 16.5. The number of esters is 1. The second-order valence-electron chi connectivity index (χ2n) is 5.74. The van der Waals surface area contributed by atoms with E-state index in [2.05, 4.69) is 4.74 Å². The average Bonchev–Trinajstić information content (AvgIpc) is 2.87. The van der Waals surface area contributed by atoms with Crippen LogP contribution in [-0.4, -0.2) is 40.7 Å². The van der Waals surface area contributed by atoms with Crippen molar-refractivity contribution in [2.75, 3.05) is 7.11 Å². The van der Waals surface area contributed by atoms with E-state index in [4.69, 9.17) is 0 Å². The van der Waals surface area contributed by atoms with Crippen molar-refractivity contribution in [2.24, 2.45) is 0 Å². The Bertz CT molecular complexity index is 861. The van der Waals surface area contributed by atoms with Gasteiger partial charge < -0.3 is 4.74 Å². The molecule has 2 aromatic carbocycles. The van der Waals surface area contributed by atoms with Crippen LogP contribution >= 0.6 is 0 Å². The zero-order valence-corrected chi connectivity index (χ0v) is 14.0. The fraction of sp³-hybridized carbons (Fsp3) is 0.158. The Labute approximate surface area is 149 Å². The molecule has 132 valence electrons. The highest BCUT2D eigenvalue weighted by Crippen LogP contribution is 2.19. The molecule has 1 aliphatic heterocycles. The van der Waals surface area contributed by atoms with Crippen LogP contribution in [0.1, 0.15) is 21.5 Å². The largest absolute Gasteiger partial charge is 0.465 e. The van der Waals surface area contributed by atoms with Crippen LogP contribution in [0.25, 0.3) is 0 Å². The zero-order chi connectivity index (χ0) is 18.7. The summed E-state index contributed by atoms with van der Waals surface area (Å²) in [5.41, 5.74) is 1.73. The third-order valence-electron chi connectivity index (χ3n) is 4.03. The van der Waals surface area contributed by atoms with Gasteiger partial charge in [0.15, 0.2) is 0 Å². The van der Waals surface area contributed by atoms with Gasteiger partial charge in [0.05, 0.1) is 25.8 Å². The Morgan fingerprint density at radius 2 is 1.31 bits per heavy atom. The lowest BCUT2D eigenvalue weighted by molar-refractivity contribution is -0.143. The summed E-state index contributed by atoms with van der Waals surface area (Å²) < 4.78 is 4.62. The molecule has 2 aromatic rings. The summed E-state index contributed by atoms with van der Waals surface area (Å²) in [6.45, 7) is -0.00181. The molecule has 26 heavy (non-hydrogen) atoms. The summed E-state index contributed by atoms with van der Waals surface area (Å²) in [6, 6.07) is 14.6. The van der Waals surface area contributed by atoms with Crippen LogP contribution < -0.4 is 0 Å². The average molecular weight is 352 g/mol. The standard InChI is InChI=1S/C19H16N2O5/c1-26-18(24)15-9-7-14(8-10-15)12-21-17(23)16(22)20(19(21)25)11-13-5-3-2-4-6-13/h2-10H,11-12H2,1H3. The number of nitrogens with zero attached hydrogens (tertiary/aromatic N) is 2. The predicted octanol–water partition coefficient (Wildman–Crippen LogP) is 1.96. The van der Waals surface area contributed by atoms with Gasteiger partial charge >= 0.3 is 23.8 Å². The third-order valence-corrected chi connectivity index (χ3v) is 4.03. The smallest absolute Gasteiger partial charge is 0.337 e. The van der Waals surface area contributed by atoms with Gasteiger partial charge in [0.25, 0.3) is 0 Å². The Morgan fingerprint density at radius 1 is 0.808 bits per heavy atom. The minimum absolute atomic E-state index is 0.0437. The fourth-order valence-electron chi connectivity index (χ4n) is 2.64. The molecule has 7 heteroatoms. The minimum Gasteiger partial charge on any atom is -0.465 e. The van der Waals surface area contributed by atoms with Gasteiger partial charge in [-0.15, -0.1) is 0 Å². The molecule has 4 amide bonds. The summed E-state index contributed by atoms with van der Waals surface area (Å²) in [7, 11) is 1.28. The molecule has 0 aliphatic carbocycles. The molecule has 0 saturated carbocycles. The summed E-state index contributed by atoms with van der Waals surface area (Å²) in [6.07, 6.45) is 0. The van der Waals surface area contributed by atoms with E-state index >= 15 is 0 Å². The molecule has 0 N–H and O–H groups in total. The van der Waals surface area contributed by atoms with Gasteiger partial charge in [-0.05, 0) is 23.3 Å². The highest BCUT2D eigenvalue weighted by Gasteiger charge is 2.44. The number of rotatable bonds is 5. The second kappa shape index (κ2) is 7.18. The van der Waals surface area contributed by atoms with Crippen LogP contribution in [0.4, 0.5) is 4.79 Å². The van der Waals surface area contributed by atoms with Crippen LogP contribution in [-0.2, 0) is 27.4 Å². The van der Waals surface area contributed by atoms with E-state index < -0.39 is 23.8 Å². The van der Waals surface area contributed by atoms with Gasteiger partial charge in [0.2, 0.25) is 0 Å². The van der Waals surface area contributed by atoms with Crippen LogP contribution in [0.2, 0.25) is 0 Å². The maximum absolute atomic E-state index is 12.5. The Morgan fingerprint density at radius 3 is 1.81 bits per heavy atom. The van der Waals surface area contributed by atoms with Gasteiger partial charge in [-0.3, -0.25) is 19.4 Å². The molecule has 3 rings (SSSR count). The number of carbonyl (C=O) groups is 4. The van der Waals surface area contributed by atoms with Crippen molar-refractivity contribution in [3.05, 3.63) is 71.3 Å². The quantitative estimate of drug-likeness (QED) is 0.467.